The Morgan fingerprint density at radius 2 is 2.08 bits per heavy atom. The fraction of sp³-hybridized carbons (Fsp3) is 0.105. The fourth-order valence-electron chi connectivity index (χ4n) is 2.30. The van der Waals surface area contributed by atoms with Gasteiger partial charge >= 0.3 is 5.97 Å². The Hall–Kier alpha value is -3.39. The second kappa shape index (κ2) is 6.80. The Kier molecular flexibility index (Phi) is 4.39. The lowest BCUT2D eigenvalue weighted by molar-refractivity contribution is -0.129. The molecule has 118 valence electrons. The van der Waals surface area contributed by atoms with Crippen LogP contribution in [-0.2, 0) is 9.53 Å². The lowest BCUT2D eigenvalue weighted by Gasteiger charge is -2.02. The number of cyclic esters (lactones) is 1. The summed E-state index contributed by atoms with van der Waals surface area (Å²) in [6.07, 6.45) is 1.63. The maximum Gasteiger partial charge on any atom is 0.363 e. The van der Waals surface area contributed by atoms with E-state index in [4.69, 9.17) is 14.7 Å². The molecule has 0 atom stereocenters. The molecular formula is C19H14N2O3. The lowest BCUT2D eigenvalue weighted by Crippen LogP contribution is -2.06. The third-order valence-electron chi connectivity index (χ3n) is 3.46. The van der Waals surface area contributed by atoms with Gasteiger partial charge in [0.15, 0.2) is 12.3 Å². The number of nitriles is 1. The summed E-state index contributed by atoms with van der Waals surface area (Å²) in [6, 6.07) is 16.6. The number of carbonyl (C=O) groups is 1. The quantitative estimate of drug-likeness (QED) is 0.641. The van der Waals surface area contributed by atoms with Crippen LogP contribution in [0.1, 0.15) is 16.7 Å². The van der Waals surface area contributed by atoms with E-state index in [1.54, 1.807) is 24.3 Å². The van der Waals surface area contributed by atoms with Gasteiger partial charge in [0.05, 0.1) is 0 Å². The van der Waals surface area contributed by atoms with E-state index in [-0.39, 0.29) is 12.3 Å². The zero-order chi connectivity index (χ0) is 16.9. The van der Waals surface area contributed by atoms with Gasteiger partial charge in [-0.3, -0.25) is 0 Å². The second-order valence-corrected chi connectivity index (χ2v) is 5.17. The number of hydrogen-bond donors (Lipinski definition) is 0. The van der Waals surface area contributed by atoms with Gasteiger partial charge in [0.25, 0.3) is 0 Å². The van der Waals surface area contributed by atoms with Crippen LogP contribution in [0, 0.1) is 18.3 Å². The number of carbonyl (C=O) groups excluding carboxylic acids is 1. The molecule has 0 bridgehead atoms. The second-order valence-electron chi connectivity index (χ2n) is 5.17. The highest BCUT2D eigenvalue weighted by Crippen LogP contribution is 2.22. The van der Waals surface area contributed by atoms with E-state index >= 15 is 0 Å². The predicted octanol–water partition coefficient (Wildman–Crippen LogP) is 3.24. The molecule has 0 unspecified atom stereocenters. The molecule has 0 aliphatic carbocycles. The molecule has 0 saturated heterocycles. The molecule has 0 saturated carbocycles. The maximum atomic E-state index is 12.1. The van der Waals surface area contributed by atoms with E-state index in [0.717, 1.165) is 16.7 Å². The molecule has 0 spiro atoms. The van der Waals surface area contributed by atoms with E-state index in [9.17, 15) is 4.79 Å². The molecule has 2 aromatic rings. The zero-order valence-corrected chi connectivity index (χ0v) is 13.0. The summed E-state index contributed by atoms with van der Waals surface area (Å²) >= 11 is 0. The molecular weight excluding hydrogens is 304 g/mol. The van der Waals surface area contributed by atoms with Gasteiger partial charge in [0.2, 0.25) is 5.90 Å². The highest BCUT2D eigenvalue weighted by atomic mass is 16.6. The summed E-state index contributed by atoms with van der Waals surface area (Å²) in [4.78, 5) is 16.4. The number of ether oxygens (including phenoxy) is 2. The SMILES string of the molecule is Cc1ccccc1C1=N/C(=C\c2cccc(OCC#N)c2)C(=O)O1. The van der Waals surface area contributed by atoms with E-state index in [1.807, 2.05) is 43.3 Å². The van der Waals surface area contributed by atoms with Gasteiger partial charge in [-0.25, -0.2) is 9.79 Å². The van der Waals surface area contributed by atoms with Gasteiger partial charge < -0.3 is 9.47 Å². The third kappa shape index (κ3) is 3.33. The first-order chi connectivity index (χ1) is 11.7. The smallest absolute Gasteiger partial charge is 0.363 e. The molecule has 5 nitrogen and oxygen atoms in total. The van der Waals surface area contributed by atoms with Gasteiger partial charge in [-0.15, -0.1) is 0 Å². The van der Waals surface area contributed by atoms with Crippen LogP contribution in [0.25, 0.3) is 6.08 Å². The Morgan fingerprint density at radius 1 is 1.25 bits per heavy atom. The molecule has 2 aromatic carbocycles. The number of nitrogens with zero attached hydrogens (tertiary/aromatic N) is 2. The van der Waals surface area contributed by atoms with Crippen LogP contribution < -0.4 is 4.74 Å². The number of rotatable bonds is 4. The standard InChI is InChI=1S/C19H14N2O3/c1-13-5-2-3-8-16(13)18-21-17(19(22)24-18)12-14-6-4-7-15(11-14)23-10-9-20/h2-8,11-12H,10H2,1H3/b17-12-. The van der Waals surface area contributed by atoms with E-state index < -0.39 is 5.97 Å². The molecule has 0 N–H and O–H groups in total. The summed E-state index contributed by atoms with van der Waals surface area (Å²) in [5.41, 5.74) is 2.75. The molecule has 0 fully saturated rings. The minimum atomic E-state index is -0.489. The highest BCUT2D eigenvalue weighted by Gasteiger charge is 2.24. The van der Waals surface area contributed by atoms with Crippen molar-refractivity contribution in [2.24, 2.45) is 4.99 Å². The monoisotopic (exact) mass is 318 g/mol. The first kappa shape index (κ1) is 15.5. The van der Waals surface area contributed by atoms with Crippen LogP contribution in [0.4, 0.5) is 0 Å². The summed E-state index contributed by atoms with van der Waals surface area (Å²) in [5.74, 6) is 0.373. The molecule has 1 aliphatic rings. The number of benzene rings is 2. The first-order valence-electron chi connectivity index (χ1n) is 7.36. The van der Waals surface area contributed by atoms with Crippen molar-refractivity contribution in [2.75, 3.05) is 6.61 Å². The maximum absolute atomic E-state index is 12.1. The molecule has 1 heterocycles. The molecule has 3 rings (SSSR count). The van der Waals surface area contributed by atoms with Crippen molar-refractivity contribution in [3.8, 4) is 11.8 Å². The Labute approximate surface area is 139 Å². The van der Waals surface area contributed by atoms with Crippen LogP contribution in [0.3, 0.4) is 0 Å². The molecule has 24 heavy (non-hydrogen) atoms. The van der Waals surface area contributed by atoms with Gasteiger partial charge in [0.1, 0.15) is 11.8 Å². The van der Waals surface area contributed by atoms with E-state index in [0.29, 0.717) is 11.6 Å². The molecule has 0 aromatic heterocycles. The molecule has 5 heteroatoms. The van der Waals surface area contributed by atoms with Crippen molar-refractivity contribution in [3.63, 3.8) is 0 Å². The Morgan fingerprint density at radius 3 is 2.88 bits per heavy atom. The summed E-state index contributed by atoms with van der Waals surface area (Å²) in [5, 5.41) is 8.56. The lowest BCUT2D eigenvalue weighted by atomic mass is 10.1. The van der Waals surface area contributed by atoms with Crippen molar-refractivity contribution in [1.82, 2.24) is 0 Å². The number of esters is 1. The average molecular weight is 318 g/mol. The Bertz CT molecular complexity index is 891. The Balaban J connectivity index is 1.89. The summed E-state index contributed by atoms with van der Waals surface area (Å²) in [7, 11) is 0. The first-order valence-corrected chi connectivity index (χ1v) is 7.36. The van der Waals surface area contributed by atoms with Crippen molar-refractivity contribution in [3.05, 3.63) is 70.9 Å². The van der Waals surface area contributed by atoms with Crippen LogP contribution in [0.15, 0.2) is 59.2 Å². The topological polar surface area (TPSA) is 71.7 Å². The summed E-state index contributed by atoms with van der Waals surface area (Å²) in [6.45, 7) is 1.90. The van der Waals surface area contributed by atoms with E-state index in [2.05, 4.69) is 4.99 Å². The third-order valence-corrected chi connectivity index (χ3v) is 3.46. The van der Waals surface area contributed by atoms with Crippen molar-refractivity contribution < 1.29 is 14.3 Å². The minimum Gasteiger partial charge on any atom is -0.479 e. The van der Waals surface area contributed by atoms with E-state index in [1.165, 1.54) is 0 Å². The zero-order valence-electron chi connectivity index (χ0n) is 13.0. The van der Waals surface area contributed by atoms with Crippen LogP contribution >= 0.6 is 0 Å². The van der Waals surface area contributed by atoms with Gasteiger partial charge in [0, 0.05) is 5.56 Å². The number of aryl methyl sites for hydroxylation is 1. The van der Waals surface area contributed by atoms with Crippen LogP contribution in [0.5, 0.6) is 5.75 Å². The van der Waals surface area contributed by atoms with Gasteiger partial charge in [-0.2, -0.15) is 5.26 Å². The molecule has 0 radical (unpaired) electrons. The van der Waals surface area contributed by atoms with Crippen molar-refractivity contribution in [2.45, 2.75) is 6.92 Å². The van der Waals surface area contributed by atoms with Gasteiger partial charge in [-0.1, -0.05) is 30.3 Å². The average Bonchev–Trinajstić information content (AvgIpc) is 2.94. The number of hydrogen-bond acceptors (Lipinski definition) is 5. The molecule has 0 amide bonds. The van der Waals surface area contributed by atoms with Crippen LogP contribution in [-0.4, -0.2) is 18.5 Å². The van der Waals surface area contributed by atoms with Crippen molar-refractivity contribution >= 4 is 17.9 Å². The van der Waals surface area contributed by atoms with Crippen molar-refractivity contribution in [1.29, 1.82) is 5.26 Å². The van der Waals surface area contributed by atoms with Gasteiger partial charge in [-0.05, 0) is 42.3 Å². The van der Waals surface area contributed by atoms with Crippen LogP contribution in [0.2, 0.25) is 0 Å². The summed E-state index contributed by atoms with van der Waals surface area (Å²) < 4.78 is 10.5. The number of aliphatic imine (C=N–C) groups is 1. The predicted molar refractivity (Wildman–Crippen MR) is 89.3 cm³/mol. The minimum absolute atomic E-state index is 0.0301. The fourth-order valence-corrected chi connectivity index (χ4v) is 2.30. The largest absolute Gasteiger partial charge is 0.479 e. The highest BCUT2D eigenvalue weighted by molar-refractivity contribution is 6.13. The normalized spacial score (nSPS) is 14.9. The molecule has 1 aliphatic heterocycles.